The molecule has 0 spiro atoms. The van der Waals surface area contributed by atoms with Gasteiger partial charge in [0.25, 0.3) is 0 Å². The van der Waals surface area contributed by atoms with Crippen molar-refractivity contribution < 1.29 is 4.74 Å². The van der Waals surface area contributed by atoms with Gasteiger partial charge in [-0.2, -0.15) is 5.10 Å². The molecule has 0 bridgehead atoms. The fourth-order valence-electron chi connectivity index (χ4n) is 2.55. The Balaban J connectivity index is 2.17. The van der Waals surface area contributed by atoms with E-state index in [-0.39, 0.29) is 6.04 Å². The average Bonchev–Trinajstić information content (AvgIpc) is 2.73. The minimum absolute atomic E-state index is 0.272. The maximum Gasteiger partial charge on any atom is 0.122 e. The maximum atomic E-state index is 6.34. The molecule has 1 N–H and O–H groups in total. The van der Waals surface area contributed by atoms with Gasteiger partial charge in [-0.3, -0.25) is 4.68 Å². The first kappa shape index (κ1) is 15.9. The summed E-state index contributed by atoms with van der Waals surface area (Å²) in [6.45, 7) is 1.93. The zero-order chi connectivity index (χ0) is 15.4. The molecule has 21 heavy (non-hydrogen) atoms. The minimum Gasteiger partial charge on any atom is -0.496 e. The monoisotopic (exact) mass is 307 g/mol. The van der Waals surface area contributed by atoms with Gasteiger partial charge in [-0.1, -0.05) is 29.8 Å². The molecule has 1 aromatic carbocycles. The van der Waals surface area contributed by atoms with Crippen molar-refractivity contribution in [2.75, 3.05) is 14.2 Å². The van der Waals surface area contributed by atoms with Crippen molar-refractivity contribution in [3.05, 3.63) is 46.2 Å². The number of halogens is 1. The van der Waals surface area contributed by atoms with Crippen LogP contribution in [0.2, 0.25) is 5.02 Å². The van der Waals surface area contributed by atoms with Gasteiger partial charge in [0.05, 0.1) is 23.5 Å². The number of hydrogen-bond acceptors (Lipinski definition) is 3. The number of rotatable bonds is 6. The Morgan fingerprint density at radius 1 is 1.33 bits per heavy atom. The van der Waals surface area contributed by atoms with Crippen LogP contribution >= 0.6 is 11.6 Å². The van der Waals surface area contributed by atoms with Gasteiger partial charge in [0, 0.05) is 19.5 Å². The van der Waals surface area contributed by atoms with E-state index in [1.54, 1.807) is 7.11 Å². The van der Waals surface area contributed by atoms with Crippen LogP contribution in [0.4, 0.5) is 0 Å². The molecule has 2 aromatic rings. The van der Waals surface area contributed by atoms with Crippen LogP contribution in [0.5, 0.6) is 5.75 Å². The lowest BCUT2D eigenvalue weighted by atomic mass is 10.0. The van der Waals surface area contributed by atoms with Crippen molar-refractivity contribution in [1.82, 2.24) is 15.1 Å². The molecular weight excluding hydrogens is 286 g/mol. The largest absolute Gasteiger partial charge is 0.496 e. The number of methoxy groups -OCH3 is 1. The highest BCUT2D eigenvalue weighted by atomic mass is 35.5. The molecule has 1 heterocycles. The van der Waals surface area contributed by atoms with Gasteiger partial charge < -0.3 is 10.1 Å². The van der Waals surface area contributed by atoms with E-state index >= 15 is 0 Å². The minimum atomic E-state index is 0.272. The molecule has 2 rings (SSSR count). The summed E-state index contributed by atoms with van der Waals surface area (Å²) in [6, 6.07) is 8.38. The highest BCUT2D eigenvalue weighted by Crippen LogP contribution is 2.23. The van der Waals surface area contributed by atoms with Crippen LogP contribution in [0.25, 0.3) is 0 Å². The van der Waals surface area contributed by atoms with Crippen LogP contribution in [0, 0.1) is 6.92 Å². The Morgan fingerprint density at radius 2 is 2.05 bits per heavy atom. The van der Waals surface area contributed by atoms with E-state index in [2.05, 4.69) is 16.5 Å². The molecular formula is C16H22ClN3O. The van der Waals surface area contributed by atoms with Crippen LogP contribution in [0.1, 0.15) is 17.0 Å². The highest BCUT2D eigenvalue weighted by molar-refractivity contribution is 6.31. The summed E-state index contributed by atoms with van der Waals surface area (Å²) < 4.78 is 7.29. The average molecular weight is 308 g/mol. The van der Waals surface area contributed by atoms with Crippen molar-refractivity contribution in [3.63, 3.8) is 0 Å². The second-order valence-corrected chi connectivity index (χ2v) is 5.55. The quantitative estimate of drug-likeness (QED) is 0.892. The van der Waals surface area contributed by atoms with Gasteiger partial charge in [-0.25, -0.2) is 0 Å². The summed E-state index contributed by atoms with van der Waals surface area (Å²) in [6.07, 6.45) is 1.70. The highest BCUT2D eigenvalue weighted by Gasteiger charge is 2.17. The van der Waals surface area contributed by atoms with Crippen molar-refractivity contribution in [2.45, 2.75) is 25.8 Å². The summed E-state index contributed by atoms with van der Waals surface area (Å²) in [5.74, 6) is 0.921. The first-order valence-corrected chi connectivity index (χ1v) is 7.41. The molecule has 0 saturated heterocycles. The lowest BCUT2D eigenvalue weighted by Crippen LogP contribution is -2.31. The van der Waals surface area contributed by atoms with E-state index in [0.29, 0.717) is 0 Å². The molecule has 0 aliphatic heterocycles. The number of likely N-dealkylation sites (N-methyl/N-ethyl adjacent to an activating group) is 1. The molecule has 0 radical (unpaired) electrons. The first-order valence-electron chi connectivity index (χ1n) is 7.04. The van der Waals surface area contributed by atoms with Gasteiger partial charge in [0.1, 0.15) is 5.75 Å². The third-order valence-corrected chi connectivity index (χ3v) is 4.26. The van der Waals surface area contributed by atoms with Crippen LogP contribution in [-0.2, 0) is 19.9 Å². The van der Waals surface area contributed by atoms with Crippen LogP contribution in [0.3, 0.4) is 0 Å². The summed E-state index contributed by atoms with van der Waals surface area (Å²) >= 11 is 6.34. The molecule has 0 saturated carbocycles. The fourth-order valence-corrected chi connectivity index (χ4v) is 2.79. The molecule has 1 atom stereocenters. The number of ether oxygens (including phenoxy) is 1. The van der Waals surface area contributed by atoms with Crippen molar-refractivity contribution in [3.8, 4) is 5.75 Å². The molecule has 0 aliphatic carbocycles. The lowest BCUT2D eigenvalue weighted by Gasteiger charge is -2.18. The summed E-state index contributed by atoms with van der Waals surface area (Å²) in [5.41, 5.74) is 3.12. The molecule has 1 unspecified atom stereocenters. The topological polar surface area (TPSA) is 39.1 Å². The van der Waals surface area contributed by atoms with E-state index < -0.39 is 0 Å². The summed E-state index contributed by atoms with van der Waals surface area (Å²) in [5, 5.41) is 8.49. The molecule has 1 aromatic heterocycles. The van der Waals surface area contributed by atoms with Crippen molar-refractivity contribution >= 4 is 11.6 Å². The normalized spacial score (nSPS) is 12.4. The molecule has 0 fully saturated rings. The standard InChI is InChI=1S/C16H22ClN3O/c1-11-16(17)14(20(3)19-11)10-13(18-2)9-12-7-5-6-8-15(12)21-4/h5-8,13,18H,9-10H2,1-4H3. The van der Waals surface area contributed by atoms with Gasteiger partial charge in [-0.15, -0.1) is 0 Å². The number of hydrogen-bond donors (Lipinski definition) is 1. The fraction of sp³-hybridized carbons (Fsp3) is 0.438. The second-order valence-electron chi connectivity index (χ2n) is 5.18. The molecule has 0 amide bonds. The number of nitrogens with one attached hydrogen (secondary N) is 1. The summed E-state index contributed by atoms with van der Waals surface area (Å²) in [4.78, 5) is 0. The van der Waals surface area contributed by atoms with E-state index in [9.17, 15) is 0 Å². The Hall–Kier alpha value is -1.52. The van der Waals surface area contributed by atoms with E-state index in [4.69, 9.17) is 16.3 Å². The Labute approximate surface area is 131 Å². The maximum absolute atomic E-state index is 6.34. The first-order chi connectivity index (χ1) is 10.1. The van der Waals surface area contributed by atoms with Gasteiger partial charge in [-0.05, 0) is 32.0 Å². The Kier molecular flexibility index (Phi) is 5.26. The van der Waals surface area contributed by atoms with Crippen molar-refractivity contribution in [2.24, 2.45) is 7.05 Å². The predicted octanol–water partition coefficient (Wildman–Crippen LogP) is 2.76. The lowest BCUT2D eigenvalue weighted by molar-refractivity contribution is 0.405. The second kappa shape index (κ2) is 6.96. The van der Waals surface area contributed by atoms with E-state index in [1.165, 1.54) is 5.56 Å². The smallest absolute Gasteiger partial charge is 0.122 e. The number of nitrogens with zero attached hydrogens (tertiary/aromatic N) is 2. The van der Waals surface area contributed by atoms with Gasteiger partial charge in [0.15, 0.2) is 0 Å². The predicted molar refractivity (Wildman–Crippen MR) is 86.2 cm³/mol. The van der Waals surface area contributed by atoms with Crippen molar-refractivity contribution in [1.29, 1.82) is 0 Å². The van der Waals surface area contributed by atoms with Crippen LogP contribution < -0.4 is 10.1 Å². The van der Waals surface area contributed by atoms with Crippen LogP contribution in [-0.4, -0.2) is 30.0 Å². The van der Waals surface area contributed by atoms with Crippen LogP contribution in [0.15, 0.2) is 24.3 Å². The third kappa shape index (κ3) is 3.57. The third-order valence-electron chi connectivity index (χ3n) is 3.77. The van der Waals surface area contributed by atoms with E-state index in [0.717, 1.165) is 35.0 Å². The Morgan fingerprint density at radius 3 is 2.62 bits per heavy atom. The Bertz CT molecular complexity index is 610. The number of aromatic nitrogens is 2. The zero-order valence-electron chi connectivity index (χ0n) is 13.0. The molecule has 0 aliphatic rings. The van der Waals surface area contributed by atoms with Gasteiger partial charge in [0.2, 0.25) is 0 Å². The molecule has 114 valence electrons. The molecule has 5 heteroatoms. The SMILES string of the molecule is CNC(Cc1ccccc1OC)Cc1c(Cl)c(C)nn1C. The number of aryl methyl sites for hydroxylation is 2. The zero-order valence-corrected chi connectivity index (χ0v) is 13.7. The van der Waals surface area contributed by atoms with E-state index in [1.807, 2.05) is 43.9 Å². The molecule has 4 nitrogen and oxygen atoms in total. The number of benzene rings is 1. The van der Waals surface area contributed by atoms with Gasteiger partial charge >= 0.3 is 0 Å². The number of para-hydroxylation sites is 1. The summed E-state index contributed by atoms with van der Waals surface area (Å²) in [7, 11) is 5.61.